The van der Waals surface area contributed by atoms with Gasteiger partial charge in [0.2, 0.25) is 0 Å². The van der Waals surface area contributed by atoms with Crippen molar-refractivity contribution in [2.45, 2.75) is 44.3 Å². The van der Waals surface area contributed by atoms with E-state index in [1.807, 2.05) is 12.1 Å². The molecule has 2 nitrogen and oxygen atoms in total. The number of hydrogen-bond acceptors (Lipinski definition) is 2. The van der Waals surface area contributed by atoms with E-state index >= 15 is 0 Å². The highest BCUT2D eigenvalue weighted by molar-refractivity contribution is 5.15. The minimum Gasteiger partial charge on any atom is -0.328 e. The molecule has 1 aliphatic carbocycles. The summed E-state index contributed by atoms with van der Waals surface area (Å²) in [6.07, 6.45) is 4.61. The van der Waals surface area contributed by atoms with E-state index < -0.39 is 0 Å². The predicted octanol–water partition coefficient (Wildman–Crippen LogP) is 2.53. The average Bonchev–Trinajstić information content (AvgIpc) is 2.33. The number of benzene rings is 1. The molecule has 0 amide bonds. The van der Waals surface area contributed by atoms with Crippen molar-refractivity contribution in [3.05, 3.63) is 35.6 Å². The molecule has 0 bridgehead atoms. The van der Waals surface area contributed by atoms with Crippen molar-refractivity contribution in [3.63, 3.8) is 0 Å². The van der Waals surface area contributed by atoms with Gasteiger partial charge >= 0.3 is 0 Å². The van der Waals surface area contributed by atoms with E-state index in [0.29, 0.717) is 12.1 Å². The van der Waals surface area contributed by atoms with Crippen molar-refractivity contribution in [1.82, 2.24) is 4.90 Å². The molecule has 2 N–H and O–H groups in total. The van der Waals surface area contributed by atoms with E-state index in [0.717, 1.165) is 19.4 Å². The van der Waals surface area contributed by atoms with Crippen LogP contribution in [0.5, 0.6) is 0 Å². The van der Waals surface area contributed by atoms with Crippen molar-refractivity contribution in [2.24, 2.45) is 5.73 Å². The van der Waals surface area contributed by atoms with E-state index in [9.17, 15) is 4.39 Å². The Hall–Kier alpha value is -0.930. The normalized spacial score (nSPS) is 25.2. The van der Waals surface area contributed by atoms with Crippen LogP contribution in [0.1, 0.15) is 31.2 Å². The molecule has 0 spiro atoms. The smallest absolute Gasteiger partial charge is 0.123 e. The summed E-state index contributed by atoms with van der Waals surface area (Å²) in [5.41, 5.74) is 7.08. The minimum absolute atomic E-state index is 0.167. The van der Waals surface area contributed by atoms with Gasteiger partial charge in [-0.15, -0.1) is 0 Å². The molecule has 0 aromatic heterocycles. The van der Waals surface area contributed by atoms with Crippen LogP contribution in [0.2, 0.25) is 0 Å². The molecule has 0 heterocycles. The van der Waals surface area contributed by atoms with Gasteiger partial charge in [0.1, 0.15) is 5.82 Å². The maximum atomic E-state index is 12.8. The highest BCUT2D eigenvalue weighted by Gasteiger charge is 2.21. The van der Waals surface area contributed by atoms with Crippen molar-refractivity contribution in [1.29, 1.82) is 0 Å². The Morgan fingerprint density at radius 2 is 1.76 bits per heavy atom. The first-order valence-corrected chi connectivity index (χ1v) is 6.35. The fraction of sp³-hybridized carbons (Fsp3) is 0.571. The van der Waals surface area contributed by atoms with Gasteiger partial charge in [0, 0.05) is 18.6 Å². The average molecular weight is 236 g/mol. The van der Waals surface area contributed by atoms with Gasteiger partial charge in [-0.25, -0.2) is 4.39 Å². The molecule has 1 aromatic rings. The third-order valence-corrected chi connectivity index (χ3v) is 3.71. The van der Waals surface area contributed by atoms with Gasteiger partial charge in [-0.2, -0.15) is 0 Å². The molecular weight excluding hydrogens is 215 g/mol. The second-order valence-electron chi connectivity index (χ2n) is 5.11. The zero-order valence-electron chi connectivity index (χ0n) is 10.4. The molecule has 1 aliphatic rings. The standard InChI is InChI=1S/C14H21FN2/c1-17(14-8-6-13(16)7-9-14)10-11-2-4-12(15)5-3-11/h2-5,13-14H,6-10,16H2,1H3. The lowest BCUT2D eigenvalue weighted by Crippen LogP contribution is -2.38. The highest BCUT2D eigenvalue weighted by atomic mass is 19.1. The van der Waals surface area contributed by atoms with Crippen LogP contribution in [0.3, 0.4) is 0 Å². The van der Waals surface area contributed by atoms with Crippen LogP contribution in [-0.2, 0) is 6.54 Å². The van der Waals surface area contributed by atoms with Crippen LogP contribution >= 0.6 is 0 Å². The first kappa shape index (κ1) is 12.5. The zero-order valence-corrected chi connectivity index (χ0v) is 10.4. The molecule has 3 heteroatoms. The minimum atomic E-state index is -0.167. The SMILES string of the molecule is CN(Cc1ccc(F)cc1)C1CCC(N)CC1. The van der Waals surface area contributed by atoms with Gasteiger partial charge in [0.15, 0.2) is 0 Å². The lowest BCUT2D eigenvalue weighted by Gasteiger charge is -2.33. The van der Waals surface area contributed by atoms with Gasteiger partial charge in [-0.3, -0.25) is 4.90 Å². The largest absolute Gasteiger partial charge is 0.328 e. The maximum absolute atomic E-state index is 12.8. The van der Waals surface area contributed by atoms with Crippen LogP contribution in [0.4, 0.5) is 4.39 Å². The van der Waals surface area contributed by atoms with Crippen LogP contribution in [-0.4, -0.2) is 24.0 Å². The molecule has 1 fully saturated rings. The maximum Gasteiger partial charge on any atom is 0.123 e. The van der Waals surface area contributed by atoms with Crippen molar-refractivity contribution >= 4 is 0 Å². The van der Waals surface area contributed by atoms with Crippen molar-refractivity contribution in [3.8, 4) is 0 Å². The molecule has 1 aromatic carbocycles. The summed E-state index contributed by atoms with van der Waals surface area (Å²) in [6, 6.07) is 7.80. The summed E-state index contributed by atoms with van der Waals surface area (Å²) in [5.74, 6) is -0.167. The molecule has 0 aliphatic heterocycles. The monoisotopic (exact) mass is 236 g/mol. The van der Waals surface area contributed by atoms with Gasteiger partial charge in [-0.05, 0) is 50.4 Å². The molecule has 94 valence electrons. The Morgan fingerprint density at radius 3 is 2.35 bits per heavy atom. The third-order valence-electron chi connectivity index (χ3n) is 3.71. The first-order valence-electron chi connectivity index (χ1n) is 6.35. The van der Waals surface area contributed by atoms with Crippen LogP contribution < -0.4 is 5.73 Å². The summed E-state index contributed by atoms with van der Waals surface area (Å²) in [4.78, 5) is 2.36. The Labute approximate surface area is 103 Å². The number of hydrogen-bond donors (Lipinski definition) is 1. The molecule has 1 saturated carbocycles. The molecular formula is C14H21FN2. The van der Waals surface area contributed by atoms with E-state index in [2.05, 4.69) is 11.9 Å². The second kappa shape index (κ2) is 5.61. The van der Waals surface area contributed by atoms with Crippen molar-refractivity contribution < 1.29 is 4.39 Å². The molecule has 2 rings (SSSR count). The summed E-state index contributed by atoms with van der Waals surface area (Å²) in [6.45, 7) is 0.889. The lowest BCUT2D eigenvalue weighted by atomic mass is 9.91. The van der Waals surface area contributed by atoms with E-state index in [1.54, 1.807) is 0 Å². The quantitative estimate of drug-likeness (QED) is 0.873. The Balaban J connectivity index is 1.88. The predicted molar refractivity (Wildman–Crippen MR) is 68.1 cm³/mol. The summed E-state index contributed by atoms with van der Waals surface area (Å²) in [5, 5.41) is 0. The zero-order chi connectivity index (χ0) is 12.3. The van der Waals surface area contributed by atoms with E-state index in [-0.39, 0.29) is 5.82 Å². The fourth-order valence-electron chi connectivity index (χ4n) is 2.55. The topological polar surface area (TPSA) is 29.3 Å². The third kappa shape index (κ3) is 3.51. The molecule has 17 heavy (non-hydrogen) atoms. The first-order chi connectivity index (χ1) is 8.15. The summed E-state index contributed by atoms with van der Waals surface area (Å²) >= 11 is 0. The van der Waals surface area contributed by atoms with Gasteiger partial charge in [-0.1, -0.05) is 12.1 Å². The fourth-order valence-corrected chi connectivity index (χ4v) is 2.55. The van der Waals surface area contributed by atoms with Gasteiger partial charge < -0.3 is 5.73 Å². The van der Waals surface area contributed by atoms with Crippen LogP contribution in [0.15, 0.2) is 24.3 Å². The number of halogens is 1. The van der Waals surface area contributed by atoms with Gasteiger partial charge in [0.05, 0.1) is 0 Å². The second-order valence-corrected chi connectivity index (χ2v) is 5.11. The Bertz CT molecular complexity index is 342. The Morgan fingerprint density at radius 1 is 1.18 bits per heavy atom. The number of nitrogens with two attached hydrogens (primary N) is 1. The number of rotatable bonds is 3. The summed E-state index contributed by atoms with van der Waals surface area (Å²) in [7, 11) is 2.14. The molecule has 0 atom stereocenters. The van der Waals surface area contributed by atoms with Crippen LogP contribution in [0.25, 0.3) is 0 Å². The van der Waals surface area contributed by atoms with Crippen LogP contribution in [0, 0.1) is 5.82 Å². The lowest BCUT2D eigenvalue weighted by molar-refractivity contribution is 0.176. The van der Waals surface area contributed by atoms with E-state index in [4.69, 9.17) is 5.73 Å². The molecule has 0 saturated heterocycles. The summed E-state index contributed by atoms with van der Waals surface area (Å²) < 4.78 is 12.8. The van der Waals surface area contributed by atoms with E-state index in [1.165, 1.54) is 30.5 Å². The van der Waals surface area contributed by atoms with Gasteiger partial charge in [0.25, 0.3) is 0 Å². The highest BCUT2D eigenvalue weighted by Crippen LogP contribution is 2.22. The van der Waals surface area contributed by atoms with Crippen molar-refractivity contribution in [2.75, 3.05) is 7.05 Å². The Kier molecular flexibility index (Phi) is 4.13. The number of nitrogens with zero attached hydrogens (tertiary/aromatic N) is 1. The molecule has 0 radical (unpaired) electrons. The molecule has 0 unspecified atom stereocenters.